The monoisotopic (exact) mass is 201 g/mol. The van der Waals surface area contributed by atoms with Gasteiger partial charge in [0.25, 0.3) is 0 Å². The number of hydrogen-bond acceptors (Lipinski definition) is 1. The zero-order valence-electron chi connectivity index (χ0n) is 9.21. The van der Waals surface area contributed by atoms with Gasteiger partial charge in [0.05, 0.1) is 0 Å². The van der Waals surface area contributed by atoms with Gasteiger partial charge in [-0.25, -0.2) is 0 Å². The first-order valence-corrected chi connectivity index (χ1v) is 6.11. The lowest BCUT2D eigenvalue weighted by atomic mass is 9.60. The number of fused-ring (bicyclic) bond motifs is 1. The summed E-state index contributed by atoms with van der Waals surface area (Å²) in [6.07, 6.45) is 6.66. The lowest BCUT2D eigenvalue weighted by Gasteiger charge is -2.46. The molecule has 0 heterocycles. The van der Waals surface area contributed by atoms with Gasteiger partial charge in [0.1, 0.15) is 0 Å². The Hall–Kier alpha value is -0.820. The normalized spacial score (nSPS) is 23.5. The fourth-order valence-electron chi connectivity index (χ4n) is 3.40. The molecule has 1 aromatic rings. The molecule has 80 valence electrons. The summed E-state index contributed by atoms with van der Waals surface area (Å²) >= 11 is 0. The zero-order chi connectivity index (χ0) is 10.3. The molecule has 1 saturated carbocycles. The van der Waals surface area contributed by atoms with Crippen molar-refractivity contribution >= 4 is 0 Å². The van der Waals surface area contributed by atoms with Crippen LogP contribution in [-0.4, -0.2) is 6.54 Å². The van der Waals surface area contributed by atoms with Crippen LogP contribution in [0.5, 0.6) is 0 Å². The van der Waals surface area contributed by atoms with Crippen molar-refractivity contribution in [2.24, 2.45) is 17.1 Å². The van der Waals surface area contributed by atoms with E-state index < -0.39 is 0 Å². The maximum absolute atomic E-state index is 5.98. The summed E-state index contributed by atoms with van der Waals surface area (Å²) in [7, 11) is 0. The predicted molar refractivity (Wildman–Crippen MR) is 62.7 cm³/mol. The molecule has 1 nitrogen and oxygen atoms in total. The van der Waals surface area contributed by atoms with E-state index >= 15 is 0 Å². The predicted octanol–water partition coefficient (Wildman–Crippen LogP) is 2.53. The van der Waals surface area contributed by atoms with E-state index in [2.05, 4.69) is 24.3 Å². The average Bonchev–Trinajstić information content (AvgIpc) is 2.60. The molecule has 1 aromatic carbocycles. The highest BCUT2D eigenvalue weighted by molar-refractivity contribution is 5.33. The van der Waals surface area contributed by atoms with Gasteiger partial charge in [-0.1, -0.05) is 30.7 Å². The number of benzene rings is 1. The summed E-state index contributed by atoms with van der Waals surface area (Å²) in [4.78, 5) is 0. The van der Waals surface area contributed by atoms with Crippen LogP contribution in [0.2, 0.25) is 0 Å². The second-order valence-corrected chi connectivity index (χ2v) is 5.29. The van der Waals surface area contributed by atoms with Crippen LogP contribution in [0.4, 0.5) is 0 Å². The smallest absolute Gasteiger partial charge is 0.00176 e. The van der Waals surface area contributed by atoms with Gasteiger partial charge in [-0.15, -0.1) is 0 Å². The van der Waals surface area contributed by atoms with Crippen LogP contribution in [0.15, 0.2) is 24.3 Å². The highest BCUT2D eigenvalue weighted by atomic mass is 14.6. The van der Waals surface area contributed by atoms with Crippen molar-refractivity contribution in [1.82, 2.24) is 0 Å². The molecular formula is C14H19N. The highest BCUT2D eigenvalue weighted by Gasteiger charge is 2.44. The third-order valence-corrected chi connectivity index (χ3v) is 4.67. The Balaban J connectivity index is 1.83. The van der Waals surface area contributed by atoms with Gasteiger partial charge in [0.15, 0.2) is 0 Å². The second-order valence-electron chi connectivity index (χ2n) is 5.29. The van der Waals surface area contributed by atoms with Gasteiger partial charge in [-0.05, 0) is 54.7 Å². The zero-order valence-corrected chi connectivity index (χ0v) is 9.21. The average molecular weight is 201 g/mol. The Kier molecular flexibility index (Phi) is 2.10. The molecule has 1 fully saturated rings. The molecular weight excluding hydrogens is 182 g/mol. The lowest BCUT2D eigenvalue weighted by Crippen LogP contribution is -2.44. The van der Waals surface area contributed by atoms with Gasteiger partial charge in [0.2, 0.25) is 0 Å². The van der Waals surface area contributed by atoms with E-state index in [0.29, 0.717) is 5.41 Å². The first-order valence-electron chi connectivity index (χ1n) is 6.11. The van der Waals surface area contributed by atoms with Crippen LogP contribution in [0.25, 0.3) is 0 Å². The minimum absolute atomic E-state index is 0.499. The molecule has 0 aliphatic heterocycles. The van der Waals surface area contributed by atoms with E-state index in [-0.39, 0.29) is 0 Å². The molecule has 3 rings (SSSR count). The van der Waals surface area contributed by atoms with Crippen molar-refractivity contribution in [2.75, 3.05) is 6.54 Å². The molecule has 0 amide bonds. The van der Waals surface area contributed by atoms with Crippen LogP contribution in [-0.2, 0) is 12.8 Å². The molecule has 0 saturated heterocycles. The summed E-state index contributed by atoms with van der Waals surface area (Å²) in [5.41, 5.74) is 9.63. The molecule has 0 atom stereocenters. The lowest BCUT2D eigenvalue weighted by molar-refractivity contribution is 0.0643. The van der Waals surface area contributed by atoms with Crippen LogP contribution >= 0.6 is 0 Å². The first-order chi connectivity index (χ1) is 7.34. The molecule has 2 aliphatic carbocycles. The first kappa shape index (κ1) is 9.41. The van der Waals surface area contributed by atoms with E-state index in [1.54, 1.807) is 11.1 Å². The Morgan fingerprint density at radius 2 is 1.73 bits per heavy atom. The quantitative estimate of drug-likeness (QED) is 0.781. The van der Waals surface area contributed by atoms with E-state index in [4.69, 9.17) is 5.73 Å². The van der Waals surface area contributed by atoms with Crippen molar-refractivity contribution in [3.63, 3.8) is 0 Å². The van der Waals surface area contributed by atoms with Crippen molar-refractivity contribution in [3.8, 4) is 0 Å². The van der Waals surface area contributed by atoms with E-state index in [1.165, 1.54) is 32.1 Å². The molecule has 2 N–H and O–H groups in total. The van der Waals surface area contributed by atoms with Gasteiger partial charge in [0, 0.05) is 0 Å². The summed E-state index contributed by atoms with van der Waals surface area (Å²) in [5.74, 6) is 0.827. The molecule has 2 aliphatic rings. The minimum atomic E-state index is 0.499. The fraction of sp³-hybridized carbons (Fsp3) is 0.571. The maximum atomic E-state index is 5.98. The summed E-state index contributed by atoms with van der Waals surface area (Å²) in [5, 5.41) is 0. The second kappa shape index (κ2) is 3.34. The van der Waals surface area contributed by atoms with Gasteiger partial charge in [-0.3, -0.25) is 0 Å². The Labute approximate surface area is 91.7 Å². The van der Waals surface area contributed by atoms with Crippen LogP contribution in [0.1, 0.15) is 30.4 Å². The standard InChI is InChI=1S/C14H19N/c15-10-14(6-3-7-14)13-8-11-4-1-2-5-12(11)9-13/h1-2,4-5,13H,3,6-10,15H2. The third kappa shape index (κ3) is 1.33. The van der Waals surface area contributed by atoms with Crippen molar-refractivity contribution in [2.45, 2.75) is 32.1 Å². The van der Waals surface area contributed by atoms with Crippen LogP contribution in [0, 0.1) is 11.3 Å². The number of nitrogens with two attached hydrogens (primary N) is 1. The number of hydrogen-bond donors (Lipinski definition) is 1. The molecule has 0 bridgehead atoms. The molecule has 0 aromatic heterocycles. The largest absolute Gasteiger partial charge is 0.330 e. The van der Waals surface area contributed by atoms with Gasteiger partial charge in [-0.2, -0.15) is 0 Å². The van der Waals surface area contributed by atoms with E-state index in [9.17, 15) is 0 Å². The van der Waals surface area contributed by atoms with E-state index in [1.807, 2.05) is 0 Å². The molecule has 0 unspecified atom stereocenters. The molecule has 0 spiro atoms. The van der Waals surface area contributed by atoms with Crippen molar-refractivity contribution < 1.29 is 0 Å². The SMILES string of the molecule is NCC1(C2Cc3ccccc3C2)CCC1. The van der Waals surface area contributed by atoms with Crippen molar-refractivity contribution in [1.29, 1.82) is 0 Å². The maximum Gasteiger partial charge on any atom is -0.00176 e. The summed E-state index contributed by atoms with van der Waals surface area (Å²) in [6.45, 7) is 0.894. The summed E-state index contributed by atoms with van der Waals surface area (Å²) in [6, 6.07) is 8.91. The highest BCUT2D eigenvalue weighted by Crippen LogP contribution is 2.50. The third-order valence-electron chi connectivity index (χ3n) is 4.67. The number of rotatable bonds is 2. The minimum Gasteiger partial charge on any atom is -0.330 e. The van der Waals surface area contributed by atoms with Gasteiger partial charge < -0.3 is 5.73 Å². The fourth-order valence-corrected chi connectivity index (χ4v) is 3.40. The van der Waals surface area contributed by atoms with Crippen molar-refractivity contribution in [3.05, 3.63) is 35.4 Å². The molecule has 0 radical (unpaired) electrons. The summed E-state index contributed by atoms with van der Waals surface area (Å²) < 4.78 is 0. The Bertz CT molecular complexity index is 335. The van der Waals surface area contributed by atoms with E-state index in [0.717, 1.165) is 12.5 Å². The molecule has 1 heteroatoms. The van der Waals surface area contributed by atoms with Gasteiger partial charge >= 0.3 is 0 Å². The topological polar surface area (TPSA) is 26.0 Å². The Morgan fingerprint density at radius 3 is 2.13 bits per heavy atom. The molecule has 15 heavy (non-hydrogen) atoms. The van der Waals surface area contributed by atoms with Crippen LogP contribution < -0.4 is 5.73 Å². The van der Waals surface area contributed by atoms with Crippen LogP contribution in [0.3, 0.4) is 0 Å². The Morgan fingerprint density at radius 1 is 1.13 bits per heavy atom.